The molecule has 0 unspecified atom stereocenters. The minimum atomic E-state index is -0.629. The largest absolute Gasteiger partial charge is 0.452 e. The van der Waals surface area contributed by atoms with Crippen LogP contribution in [0.5, 0.6) is 0 Å². The molecule has 3 aromatic rings. The van der Waals surface area contributed by atoms with Crippen LogP contribution in [0.15, 0.2) is 61.2 Å². The number of amides is 1. The van der Waals surface area contributed by atoms with Crippen LogP contribution in [0.2, 0.25) is 0 Å². The molecule has 0 aliphatic heterocycles. The first-order chi connectivity index (χ1) is 12.6. The second-order valence-electron chi connectivity index (χ2n) is 5.33. The lowest BCUT2D eigenvalue weighted by molar-refractivity contribution is -0.124. The molecule has 0 radical (unpaired) electrons. The Morgan fingerprint density at radius 3 is 2.58 bits per heavy atom. The Kier molecular flexibility index (Phi) is 5.33. The summed E-state index contributed by atoms with van der Waals surface area (Å²) >= 11 is 0. The molecule has 0 spiro atoms. The van der Waals surface area contributed by atoms with E-state index in [9.17, 15) is 14.0 Å². The monoisotopic (exact) mass is 354 g/mol. The Bertz CT molecular complexity index is 895. The van der Waals surface area contributed by atoms with Gasteiger partial charge in [-0.25, -0.2) is 18.9 Å². The highest BCUT2D eigenvalue weighted by Gasteiger charge is 2.11. The number of nitrogens with one attached hydrogen (secondary N) is 1. The van der Waals surface area contributed by atoms with Gasteiger partial charge in [-0.15, -0.1) is 0 Å². The van der Waals surface area contributed by atoms with Crippen LogP contribution in [0.3, 0.4) is 0 Å². The molecule has 0 bridgehead atoms. The second-order valence-corrected chi connectivity index (χ2v) is 5.33. The van der Waals surface area contributed by atoms with Crippen molar-refractivity contribution in [2.24, 2.45) is 0 Å². The van der Waals surface area contributed by atoms with Crippen molar-refractivity contribution < 1.29 is 18.7 Å². The van der Waals surface area contributed by atoms with Crippen LogP contribution in [0.25, 0.3) is 5.69 Å². The third-order valence-electron chi connectivity index (χ3n) is 3.55. The molecule has 3 rings (SSSR count). The number of hydrogen-bond donors (Lipinski definition) is 1. The molecule has 8 heteroatoms. The number of aromatic nitrogens is 3. The maximum absolute atomic E-state index is 13.5. The Balaban J connectivity index is 1.49. The molecule has 1 aromatic heterocycles. The maximum atomic E-state index is 13.5. The summed E-state index contributed by atoms with van der Waals surface area (Å²) in [7, 11) is 0. The topological polar surface area (TPSA) is 86.1 Å². The van der Waals surface area contributed by atoms with E-state index >= 15 is 0 Å². The van der Waals surface area contributed by atoms with E-state index in [0.717, 1.165) is 5.69 Å². The van der Waals surface area contributed by atoms with Crippen molar-refractivity contribution in [2.45, 2.75) is 6.54 Å². The fraction of sp³-hybridized carbons (Fsp3) is 0.111. The number of nitrogens with zero attached hydrogens (tertiary/aromatic N) is 3. The van der Waals surface area contributed by atoms with E-state index in [2.05, 4.69) is 15.4 Å². The van der Waals surface area contributed by atoms with E-state index in [1.165, 1.54) is 18.7 Å². The lowest BCUT2D eigenvalue weighted by Crippen LogP contribution is -2.28. The number of carbonyl (C=O) groups is 2. The van der Waals surface area contributed by atoms with Crippen molar-refractivity contribution in [3.05, 3.63) is 78.1 Å². The van der Waals surface area contributed by atoms with Crippen LogP contribution >= 0.6 is 0 Å². The average Bonchev–Trinajstić information content (AvgIpc) is 3.20. The molecule has 0 fully saturated rings. The molecule has 0 aliphatic rings. The number of benzene rings is 2. The molecular weight excluding hydrogens is 339 g/mol. The number of carbonyl (C=O) groups excluding carboxylic acids is 2. The first-order valence-corrected chi connectivity index (χ1v) is 7.76. The van der Waals surface area contributed by atoms with E-state index < -0.39 is 24.3 Å². The third kappa shape index (κ3) is 4.29. The van der Waals surface area contributed by atoms with Gasteiger partial charge in [-0.2, -0.15) is 5.10 Å². The van der Waals surface area contributed by atoms with Gasteiger partial charge in [0.05, 0.1) is 11.3 Å². The lowest BCUT2D eigenvalue weighted by Gasteiger charge is -2.08. The van der Waals surface area contributed by atoms with Crippen molar-refractivity contribution in [3.63, 3.8) is 0 Å². The van der Waals surface area contributed by atoms with Crippen LogP contribution < -0.4 is 5.32 Å². The highest BCUT2D eigenvalue weighted by Crippen LogP contribution is 2.09. The molecule has 132 valence electrons. The zero-order valence-corrected chi connectivity index (χ0v) is 13.6. The highest BCUT2D eigenvalue weighted by molar-refractivity contribution is 5.91. The van der Waals surface area contributed by atoms with E-state index in [4.69, 9.17) is 4.74 Å². The molecule has 2 aromatic carbocycles. The van der Waals surface area contributed by atoms with E-state index in [0.29, 0.717) is 11.1 Å². The fourth-order valence-electron chi connectivity index (χ4n) is 2.19. The van der Waals surface area contributed by atoms with Gasteiger partial charge in [0.15, 0.2) is 6.61 Å². The molecule has 0 saturated heterocycles. The van der Waals surface area contributed by atoms with Crippen LogP contribution in [-0.2, 0) is 16.1 Å². The van der Waals surface area contributed by atoms with Crippen molar-refractivity contribution in [2.75, 3.05) is 6.61 Å². The van der Waals surface area contributed by atoms with Crippen LogP contribution in [0.1, 0.15) is 15.9 Å². The summed E-state index contributed by atoms with van der Waals surface area (Å²) in [6.45, 7) is -0.423. The highest BCUT2D eigenvalue weighted by atomic mass is 19.1. The van der Waals surface area contributed by atoms with Gasteiger partial charge in [0.2, 0.25) is 0 Å². The summed E-state index contributed by atoms with van der Waals surface area (Å²) in [4.78, 5) is 27.6. The SMILES string of the molecule is O=C(COC(=O)c1ccc(-n2cncn2)cc1)NCc1ccccc1F. The van der Waals surface area contributed by atoms with Crippen molar-refractivity contribution in [1.29, 1.82) is 0 Å². The maximum Gasteiger partial charge on any atom is 0.338 e. The molecule has 0 aliphatic carbocycles. The predicted molar refractivity (Wildman–Crippen MR) is 89.9 cm³/mol. The third-order valence-corrected chi connectivity index (χ3v) is 3.55. The number of halogens is 1. The van der Waals surface area contributed by atoms with Gasteiger partial charge in [0, 0.05) is 12.1 Å². The molecule has 1 N–H and O–H groups in total. The van der Waals surface area contributed by atoms with Crippen LogP contribution in [-0.4, -0.2) is 33.2 Å². The molecule has 1 heterocycles. The number of ether oxygens (including phenoxy) is 1. The summed E-state index contributed by atoms with van der Waals surface area (Å²) in [6.07, 6.45) is 2.94. The average molecular weight is 354 g/mol. The van der Waals surface area contributed by atoms with Crippen molar-refractivity contribution in [3.8, 4) is 5.69 Å². The van der Waals surface area contributed by atoms with Crippen LogP contribution in [0, 0.1) is 5.82 Å². The molecule has 1 amide bonds. The van der Waals surface area contributed by atoms with E-state index in [-0.39, 0.29) is 6.54 Å². The Morgan fingerprint density at radius 1 is 1.12 bits per heavy atom. The van der Waals surface area contributed by atoms with E-state index in [1.54, 1.807) is 47.1 Å². The number of esters is 1. The Labute approximate surface area is 148 Å². The van der Waals surface area contributed by atoms with Crippen molar-refractivity contribution >= 4 is 11.9 Å². The number of hydrogen-bond acceptors (Lipinski definition) is 5. The summed E-state index contributed by atoms with van der Waals surface area (Å²) in [5, 5.41) is 6.48. The number of rotatable bonds is 6. The molecule has 26 heavy (non-hydrogen) atoms. The van der Waals surface area contributed by atoms with Crippen LogP contribution in [0.4, 0.5) is 4.39 Å². The van der Waals surface area contributed by atoms with E-state index in [1.807, 2.05) is 0 Å². The fourth-order valence-corrected chi connectivity index (χ4v) is 2.19. The summed E-state index contributed by atoms with van der Waals surface area (Å²) < 4.78 is 20.0. The quantitative estimate of drug-likeness (QED) is 0.683. The molecular formula is C18H15FN4O3. The summed E-state index contributed by atoms with van der Waals surface area (Å²) in [5.41, 5.74) is 1.40. The van der Waals surface area contributed by atoms with Gasteiger partial charge in [-0.1, -0.05) is 18.2 Å². The Hall–Kier alpha value is -3.55. The summed E-state index contributed by atoms with van der Waals surface area (Å²) in [6, 6.07) is 12.6. The zero-order chi connectivity index (χ0) is 18.4. The molecule has 0 saturated carbocycles. The Morgan fingerprint density at radius 2 is 1.88 bits per heavy atom. The first kappa shape index (κ1) is 17.3. The van der Waals surface area contributed by atoms with Gasteiger partial charge in [-0.05, 0) is 30.3 Å². The predicted octanol–water partition coefficient (Wildman–Crippen LogP) is 1.88. The van der Waals surface area contributed by atoms with Gasteiger partial charge in [0.1, 0.15) is 18.5 Å². The van der Waals surface area contributed by atoms with Gasteiger partial charge >= 0.3 is 5.97 Å². The van der Waals surface area contributed by atoms with Gasteiger partial charge in [-0.3, -0.25) is 4.79 Å². The van der Waals surface area contributed by atoms with Crippen molar-refractivity contribution in [1.82, 2.24) is 20.1 Å². The van der Waals surface area contributed by atoms with Gasteiger partial charge < -0.3 is 10.1 Å². The normalized spacial score (nSPS) is 10.3. The lowest BCUT2D eigenvalue weighted by atomic mass is 10.2. The second kappa shape index (κ2) is 8.02. The first-order valence-electron chi connectivity index (χ1n) is 7.76. The zero-order valence-electron chi connectivity index (χ0n) is 13.6. The minimum absolute atomic E-state index is 0.0235. The van der Waals surface area contributed by atoms with Gasteiger partial charge in [0.25, 0.3) is 5.91 Å². The molecule has 0 atom stereocenters. The standard InChI is InChI=1S/C18H15FN4O3/c19-16-4-2-1-3-14(16)9-21-17(24)10-26-18(25)13-5-7-15(8-6-13)23-12-20-11-22-23/h1-8,11-12H,9-10H2,(H,21,24). The smallest absolute Gasteiger partial charge is 0.338 e. The molecule has 7 nitrogen and oxygen atoms in total. The summed E-state index contributed by atoms with van der Waals surface area (Å²) in [5.74, 6) is -1.55. The minimum Gasteiger partial charge on any atom is -0.452 e.